The Hall–Kier alpha value is -4.79. The first-order valence-corrected chi connectivity index (χ1v) is 14.1. The first-order valence-electron chi connectivity index (χ1n) is 13.8. The van der Waals surface area contributed by atoms with Gasteiger partial charge in [0.1, 0.15) is 23.0 Å². The predicted octanol–water partition coefficient (Wildman–Crippen LogP) is 4.21. The molecule has 2 N–H and O–H groups in total. The number of anilines is 1. The van der Waals surface area contributed by atoms with Crippen LogP contribution in [0.2, 0.25) is 5.02 Å². The van der Waals surface area contributed by atoms with Crippen LogP contribution in [0.3, 0.4) is 0 Å². The lowest BCUT2D eigenvalue weighted by molar-refractivity contribution is 0.0443. The average molecular weight is 602 g/mol. The van der Waals surface area contributed by atoms with Gasteiger partial charge in [-0.15, -0.1) is 0 Å². The number of rotatable bonds is 6. The molecule has 5 aromatic rings. The largest absolute Gasteiger partial charge is 0.519 e. The maximum absolute atomic E-state index is 14.0. The van der Waals surface area contributed by atoms with Crippen LogP contribution in [0.1, 0.15) is 45.8 Å². The first-order chi connectivity index (χ1) is 20.7. The fraction of sp³-hybridized carbons (Fsp3) is 0.290. The van der Waals surface area contributed by atoms with Gasteiger partial charge in [0.2, 0.25) is 0 Å². The number of esters is 1. The minimum Gasteiger partial charge on any atom is -0.454 e. The van der Waals surface area contributed by atoms with E-state index in [2.05, 4.69) is 11.0 Å². The lowest BCUT2D eigenvalue weighted by Gasteiger charge is -2.33. The number of nitrogens with zero attached hydrogens (tertiary/aromatic N) is 4. The fourth-order valence-electron chi connectivity index (χ4n) is 5.82. The molecular formula is C31H28ClN5O6. The maximum Gasteiger partial charge on any atom is 0.519 e. The molecule has 0 spiro atoms. The summed E-state index contributed by atoms with van der Waals surface area (Å²) in [7, 11) is 1.65. The van der Waals surface area contributed by atoms with E-state index in [9.17, 15) is 19.6 Å². The monoisotopic (exact) mass is 601 g/mol. The SMILES string of the molecule is Cc1oc(=O)oc1COC(=O)c1ccc2c(c1)c1c(C#N)c(N3CCC[C@@H](N)C3)n(Cc3ccccc3Cl)c1c(=O)n2C. The van der Waals surface area contributed by atoms with E-state index in [0.29, 0.717) is 51.3 Å². The molecule has 0 aliphatic carbocycles. The molecule has 0 amide bonds. The van der Waals surface area contributed by atoms with Gasteiger partial charge in [-0.25, -0.2) is 9.59 Å². The summed E-state index contributed by atoms with van der Waals surface area (Å²) < 4.78 is 18.5. The van der Waals surface area contributed by atoms with Gasteiger partial charge in [0.05, 0.1) is 17.6 Å². The fourth-order valence-corrected chi connectivity index (χ4v) is 6.02. The Kier molecular flexibility index (Phi) is 7.33. The highest BCUT2D eigenvalue weighted by molar-refractivity contribution is 6.31. The third kappa shape index (κ3) is 4.98. The van der Waals surface area contributed by atoms with Gasteiger partial charge < -0.3 is 33.3 Å². The van der Waals surface area contributed by atoms with Crippen molar-refractivity contribution in [2.75, 3.05) is 18.0 Å². The van der Waals surface area contributed by atoms with Crippen molar-refractivity contribution in [2.24, 2.45) is 12.8 Å². The summed E-state index contributed by atoms with van der Waals surface area (Å²) in [4.78, 5) is 40.5. The topological polar surface area (TPSA) is 150 Å². The van der Waals surface area contributed by atoms with Crippen LogP contribution < -0.4 is 22.0 Å². The molecule has 43 heavy (non-hydrogen) atoms. The number of aryl methyl sites for hydroxylation is 2. The molecule has 0 unspecified atom stereocenters. The summed E-state index contributed by atoms with van der Waals surface area (Å²) >= 11 is 6.56. The number of hydrogen-bond acceptors (Lipinski definition) is 9. The zero-order valence-corrected chi connectivity index (χ0v) is 24.3. The van der Waals surface area contributed by atoms with Crippen molar-refractivity contribution in [3.8, 4) is 6.07 Å². The molecule has 6 rings (SSSR count). The van der Waals surface area contributed by atoms with Crippen molar-refractivity contribution in [1.29, 1.82) is 5.26 Å². The number of carbonyl (C=O) groups excluding carboxylic acids is 1. The quantitative estimate of drug-likeness (QED) is 0.282. The number of pyridine rings is 1. The summed E-state index contributed by atoms with van der Waals surface area (Å²) in [6.45, 7) is 2.67. The summed E-state index contributed by atoms with van der Waals surface area (Å²) in [5.74, 6) is -0.638. The number of benzene rings is 2. The van der Waals surface area contributed by atoms with Crippen LogP contribution in [-0.2, 0) is 24.9 Å². The molecule has 1 atom stereocenters. The van der Waals surface area contributed by atoms with Gasteiger partial charge in [0.15, 0.2) is 18.1 Å². The molecule has 0 radical (unpaired) electrons. The highest BCUT2D eigenvalue weighted by atomic mass is 35.5. The van der Waals surface area contributed by atoms with Crippen molar-refractivity contribution in [3.05, 3.63) is 96.7 Å². The maximum atomic E-state index is 14.0. The van der Waals surface area contributed by atoms with Crippen molar-refractivity contribution >= 4 is 45.2 Å². The minimum absolute atomic E-state index is 0.0867. The van der Waals surface area contributed by atoms with E-state index in [1.54, 1.807) is 31.3 Å². The van der Waals surface area contributed by atoms with Crippen LogP contribution >= 0.6 is 11.6 Å². The molecule has 1 fully saturated rings. The van der Waals surface area contributed by atoms with E-state index in [4.69, 9.17) is 30.9 Å². The van der Waals surface area contributed by atoms with E-state index >= 15 is 0 Å². The predicted molar refractivity (Wildman–Crippen MR) is 160 cm³/mol. The normalized spacial score (nSPS) is 15.2. The van der Waals surface area contributed by atoms with Crippen LogP contribution in [0, 0.1) is 18.3 Å². The number of halogens is 1. The molecule has 1 saturated heterocycles. The molecule has 2 aromatic carbocycles. The van der Waals surface area contributed by atoms with Crippen molar-refractivity contribution in [1.82, 2.24) is 9.13 Å². The van der Waals surface area contributed by atoms with E-state index in [0.717, 1.165) is 18.4 Å². The molecular weight excluding hydrogens is 574 g/mol. The minimum atomic E-state index is -0.881. The third-order valence-corrected chi connectivity index (χ3v) is 8.30. The van der Waals surface area contributed by atoms with Crippen molar-refractivity contribution in [2.45, 2.75) is 39.0 Å². The zero-order valence-electron chi connectivity index (χ0n) is 23.6. The van der Waals surface area contributed by atoms with Gasteiger partial charge in [-0.1, -0.05) is 29.8 Å². The highest BCUT2D eigenvalue weighted by Crippen LogP contribution is 2.38. The van der Waals surface area contributed by atoms with Gasteiger partial charge >= 0.3 is 11.8 Å². The lowest BCUT2D eigenvalue weighted by atomic mass is 10.0. The molecule has 1 aliphatic heterocycles. The molecule has 4 heterocycles. The molecule has 11 nitrogen and oxygen atoms in total. The Labute approximate surface area is 250 Å². The summed E-state index contributed by atoms with van der Waals surface area (Å²) in [5.41, 5.74) is 8.22. The Morgan fingerprint density at radius 3 is 2.70 bits per heavy atom. The molecule has 1 aliphatic rings. The van der Waals surface area contributed by atoms with E-state index in [1.165, 1.54) is 11.5 Å². The van der Waals surface area contributed by atoms with Crippen LogP contribution in [0.15, 0.2) is 60.9 Å². The van der Waals surface area contributed by atoms with Crippen LogP contribution in [0.5, 0.6) is 0 Å². The van der Waals surface area contributed by atoms with Crippen molar-refractivity contribution < 1.29 is 18.4 Å². The van der Waals surface area contributed by atoms with Crippen molar-refractivity contribution in [3.63, 3.8) is 0 Å². The Morgan fingerprint density at radius 2 is 2.00 bits per heavy atom. The van der Waals surface area contributed by atoms with E-state index in [-0.39, 0.29) is 41.8 Å². The van der Waals surface area contributed by atoms with Gasteiger partial charge in [-0.3, -0.25) is 4.79 Å². The number of hydrogen-bond donors (Lipinski definition) is 1. The number of nitrogens with two attached hydrogens (primary N) is 1. The third-order valence-electron chi connectivity index (χ3n) is 7.93. The smallest absolute Gasteiger partial charge is 0.454 e. The van der Waals surface area contributed by atoms with Crippen LogP contribution in [-0.4, -0.2) is 34.2 Å². The average Bonchev–Trinajstić information content (AvgIpc) is 3.50. The lowest BCUT2D eigenvalue weighted by Crippen LogP contribution is -2.44. The molecule has 12 heteroatoms. The summed E-state index contributed by atoms with van der Waals surface area (Å²) in [6, 6.07) is 14.5. The first kappa shape index (κ1) is 28.3. The standard InChI is InChI=1S/C31H28ClN5O6/c1-17-25(43-31(40)42-17)16-41-30(39)18-9-10-24-21(12-18)26-22(13-33)28(36-11-5-7-20(34)15-36)37(27(26)29(38)35(24)2)14-19-6-3-4-8-23(19)32/h3-4,6,8-10,12,20H,5,7,11,14-16,34H2,1-2H3/t20-/m1/s1. The van der Waals surface area contributed by atoms with Crippen LogP contribution in [0.25, 0.3) is 21.8 Å². The van der Waals surface area contributed by atoms with Gasteiger partial charge in [0, 0.05) is 42.0 Å². The summed E-state index contributed by atoms with van der Waals surface area (Å²) in [5, 5.41) is 12.1. The Morgan fingerprint density at radius 1 is 1.21 bits per heavy atom. The number of nitriles is 1. The number of piperidine rings is 1. The Bertz CT molecular complexity index is 2060. The highest BCUT2D eigenvalue weighted by Gasteiger charge is 2.30. The second kappa shape index (κ2) is 11.1. The van der Waals surface area contributed by atoms with E-state index < -0.39 is 11.8 Å². The number of aromatic nitrogens is 2. The second-order valence-electron chi connectivity index (χ2n) is 10.7. The van der Waals surface area contributed by atoms with Gasteiger partial charge in [0.25, 0.3) is 5.56 Å². The molecule has 0 saturated carbocycles. The Balaban J connectivity index is 1.57. The number of ether oxygens (including phenoxy) is 1. The zero-order chi connectivity index (χ0) is 30.4. The summed E-state index contributed by atoms with van der Waals surface area (Å²) in [6.07, 6.45) is 1.70. The van der Waals surface area contributed by atoms with Gasteiger partial charge in [-0.2, -0.15) is 5.26 Å². The molecule has 220 valence electrons. The number of fused-ring (bicyclic) bond motifs is 3. The number of carbonyl (C=O) groups is 1. The van der Waals surface area contributed by atoms with Gasteiger partial charge in [-0.05, 0) is 49.6 Å². The molecule has 0 bridgehead atoms. The second-order valence-corrected chi connectivity index (χ2v) is 11.1. The van der Waals surface area contributed by atoms with E-state index in [1.807, 2.05) is 22.8 Å². The van der Waals surface area contributed by atoms with Crippen LogP contribution in [0.4, 0.5) is 5.82 Å². The molecule has 3 aromatic heterocycles.